The van der Waals surface area contributed by atoms with Crippen molar-refractivity contribution < 1.29 is 9.72 Å². The smallest absolute Gasteiger partial charge is 0.271 e. The SMILES string of the molecule is Cc1ccc(S[C@@H](C)C(=O)Nc2cc([N+](=O)[O-])ccc2Cl)c(C)c1. The van der Waals surface area contributed by atoms with Crippen LogP contribution in [-0.4, -0.2) is 16.1 Å². The first-order valence-corrected chi connectivity index (χ1v) is 8.52. The Labute approximate surface area is 149 Å². The standard InChI is InChI=1S/C17H17ClN2O3S/c1-10-4-7-16(11(2)8-10)24-12(3)17(21)19-15-9-13(20(22)23)5-6-14(15)18/h4-9,12H,1-3H3,(H,19,21)/t12-/m0/s1. The van der Waals surface area contributed by atoms with E-state index in [-0.39, 0.29) is 27.6 Å². The van der Waals surface area contributed by atoms with Crippen LogP contribution in [0.5, 0.6) is 0 Å². The van der Waals surface area contributed by atoms with Crippen molar-refractivity contribution in [1.29, 1.82) is 0 Å². The molecule has 24 heavy (non-hydrogen) atoms. The maximum absolute atomic E-state index is 12.4. The number of carbonyl (C=O) groups excluding carboxylic acids is 1. The van der Waals surface area contributed by atoms with Gasteiger partial charge in [-0.1, -0.05) is 29.3 Å². The Morgan fingerprint density at radius 3 is 2.58 bits per heavy atom. The van der Waals surface area contributed by atoms with E-state index in [9.17, 15) is 14.9 Å². The molecule has 0 bridgehead atoms. The number of hydrogen-bond acceptors (Lipinski definition) is 4. The number of aryl methyl sites for hydroxylation is 2. The van der Waals surface area contributed by atoms with Crippen molar-refractivity contribution in [1.82, 2.24) is 0 Å². The Morgan fingerprint density at radius 2 is 1.96 bits per heavy atom. The van der Waals surface area contributed by atoms with Gasteiger partial charge >= 0.3 is 0 Å². The van der Waals surface area contributed by atoms with Crippen LogP contribution in [-0.2, 0) is 4.79 Å². The van der Waals surface area contributed by atoms with Crippen LogP contribution in [0.15, 0.2) is 41.3 Å². The maximum Gasteiger partial charge on any atom is 0.271 e. The Kier molecular flexibility index (Phi) is 5.85. The van der Waals surface area contributed by atoms with E-state index in [1.165, 1.54) is 30.0 Å². The number of nitro benzene ring substituents is 1. The predicted molar refractivity (Wildman–Crippen MR) is 98.0 cm³/mol. The monoisotopic (exact) mass is 364 g/mol. The lowest BCUT2D eigenvalue weighted by atomic mass is 10.2. The lowest BCUT2D eigenvalue weighted by Crippen LogP contribution is -2.22. The lowest BCUT2D eigenvalue weighted by Gasteiger charge is -2.14. The molecule has 0 fully saturated rings. The summed E-state index contributed by atoms with van der Waals surface area (Å²) < 4.78 is 0. The van der Waals surface area contributed by atoms with Gasteiger partial charge in [-0.2, -0.15) is 0 Å². The summed E-state index contributed by atoms with van der Waals surface area (Å²) in [6.07, 6.45) is 0. The van der Waals surface area contributed by atoms with Gasteiger partial charge < -0.3 is 5.32 Å². The number of nitrogens with one attached hydrogen (secondary N) is 1. The summed E-state index contributed by atoms with van der Waals surface area (Å²) >= 11 is 7.44. The molecule has 126 valence electrons. The van der Waals surface area contributed by atoms with Gasteiger partial charge in [-0.25, -0.2) is 0 Å². The number of non-ortho nitro benzene ring substituents is 1. The molecular weight excluding hydrogens is 348 g/mol. The van der Waals surface area contributed by atoms with Crippen molar-refractivity contribution >= 4 is 40.6 Å². The predicted octanol–water partition coefficient (Wildman–Crippen LogP) is 4.98. The number of rotatable bonds is 5. The average Bonchev–Trinajstić information content (AvgIpc) is 2.51. The Hall–Kier alpha value is -2.05. The molecule has 5 nitrogen and oxygen atoms in total. The van der Waals surface area contributed by atoms with Crippen LogP contribution < -0.4 is 5.32 Å². The number of thioether (sulfide) groups is 1. The molecule has 1 N–H and O–H groups in total. The van der Waals surface area contributed by atoms with Crippen LogP contribution in [0.3, 0.4) is 0 Å². The number of nitro groups is 1. The molecular formula is C17H17ClN2O3S. The van der Waals surface area contributed by atoms with E-state index < -0.39 is 4.92 Å². The van der Waals surface area contributed by atoms with Gasteiger partial charge in [-0.05, 0) is 38.5 Å². The van der Waals surface area contributed by atoms with Gasteiger partial charge in [-0.3, -0.25) is 14.9 Å². The van der Waals surface area contributed by atoms with Crippen LogP contribution in [0.1, 0.15) is 18.1 Å². The highest BCUT2D eigenvalue weighted by molar-refractivity contribution is 8.00. The van der Waals surface area contributed by atoms with Crippen LogP contribution in [0.2, 0.25) is 5.02 Å². The molecule has 0 heterocycles. The molecule has 1 amide bonds. The fourth-order valence-electron chi connectivity index (χ4n) is 2.13. The molecule has 0 aliphatic carbocycles. The van der Waals surface area contributed by atoms with E-state index in [4.69, 9.17) is 11.6 Å². The highest BCUT2D eigenvalue weighted by atomic mass is 35.5. The normalized spacial score (nSPS) is 11.8. The fraction of sp³-hybridized carbons (Fsp3) is 0.235. The van der Waals surface area contributed by atoms with Gasteiger partial charge in [0.2, 0.25) is 5.91 Å². The number of amides is 1. The van der Waals surface area contributed by atoms with Gasteiger partial charge in [-0.15, -0.1) is 11.8 Å². The quantitative estimate of drug-likeness (QED) is 0.461. The largest absolute Gasteiger partial charge is 0.324 e. The van der Waals surface area contributed by atoms with Gasteiger partial charge in [0.1, 0.15) is 0 Å². The summed E-state index contributed by atoms with van der Waals surface area (Å²) in [6.45, 7) is 5.80. The van der Waals surface area contributed by atoms with Crippen molar-refractivity contribution in [2.45, 2.75) is 30.9 Å². The Balaban J connectivity index is 2.11. The van der Waals surface area contributed by atoms with E-state index in [2.05, 4.69) is 11.4 Å². The molecule has 0 saturated carbocycles. The minimum Gasteiger partial charge on any atom is -0.324 e. The highest BCUT2D eigenvalue weighted by Gasteiger charge is 2.18. The molecule has 0 unspecified atom stereocenters. The minimum atomic E-state index is -0.528. The van der Waals surface area contributed by atoms with Crippen molar-refractivity contribution in [3.05, 3.63) is 62.7 Å². The number of hydrogen-bond donors (Lipinski definition) is 1. The second kappa shape index (κ2) is 7.68. The third kappa shape index (κ3) is 4.49. The topological polar surface area (TPSA) is 72.2 Å². The first kappa shape index (κ1) is 18.3. The maximum atomic E-state index is 12.4. The number of halogens is 1. The molecule has 0 spiro atoms. The van der Waals surface area contributed by atoms with Gasteiger partial charge in [0.25, 0.3) is 5.69 Å². The van der Waals surface area contributed by atoms with Crippen LogP contribution in [0.25, 0.3) is 0 Å². The van der Waals surface area contributed by atoms with E-state index >= 15 is 0 Å². The first-order chi connectivity index (χ1) is 11.3. The van der Waals surface area contributed by atoms with Gasteiger partial charge in [0.05, 0.1) is 20.9 Å². The summed E-state index contributed by atoms with van der Waals surface area (Å²) in [4.78, 5) is 23.7. The molecule has 0 radical (unpaired) electrons. The second-order valence-corrected chi connectivity index (χ2v) is 7.23. The first-order valence-electron chi connectivity index (χ1n) is 7.26. The molecule has 2 rings (SSSR count). The number of carbonyl (C=O) groups is 1. The summed E-state index contributed by atoms with van der Waals surface area (Å²) in [5.74, 6) is -0.262. The zero-order chi connectivity index (χ0) is 17.9. The van der Waals surface area contributed by atoms with E-state index in [1.54, 1.807) is 6.92 Å². The molecule has 0 aliphatic rings. The molecule has 2 aromatic rings. The summed E-state index contributed by atoms with van der Waals surface area (Å²) in [7, 11) is 0. The van der Waals surface area contributed by atoms with Crippen molar-refractivity contribution in [2.24, 2.45) is 0 Å². The zero-order valence-corrected chi connectivity index (χ0v) is 15.1. The number of benzene rings is 2. The van der Waals surface area contributed by atoms with Crippen molar-refractivity contribution in [3.8, 4) is 0 Å². The Morgan fingerprint density at radius 1 is 1.25 bits per heavy atom. The third-order valence-electron chi connectivity index (χ3n) is 3.42. The summed E-state index contributed by atoms with van der Waals surface area (Å²) in [5, 5.41) is 13.4. The second-order valence-electron chi connectivity index (χ2n) is 5.44. The molecule has 7 heteroatoms. The number of nitrogens with zero attached hydrogens (tertiary/aromatic N) is 1. The van der Waals surface area contributed by atoms with E-state index in [0.29, 0.717) is 0 Å². The summed E-state index contributed by atoms with van der Waals surface area (Å²) in [5.41, 5.74) is 2.39. The minimum absolute atomic E-state index is 0.121. The lowest BCUT2D eigenvalue weighted by molar-refractivity contribution is -0.384. The van der Waals surface area contributed by atoms with Crippen molar-refractivity contribution in [3.63, 3.8) is 0 Å². The fourth-order valence-corrected chi connectivity index (χ4v) is 3.24. The van der Waals surface area contributed by atoms with Crippen molar-refractivity contribution in [2.75, 3.05) is 5.32 Å². The molecule has 0 saturated heterocycles. The van der Waals surface area contributed by atoms with Crippen LogP contribution in [0, 0.1) is 24.0 Å². The van der Waals surface area contributed by atoms with E-state index in [1.807, 2.05) is 26.0 Å². The molecule has 1 atom stereocenters. The number of anilines is 1. The Bertz CT molecular complexity index is 795. The highest BCUT2D eigenvalue weighted by Crippen LogP contribution is 2.30. The zero-order valence-electron chi connectivity index (χ0n) is 13.5. The summed E-state index contributed by atoms with van der Waals surface area (Å²) in [6, 6.07) is 10.00. The van der Waals surface area contributed by atoms with Crippen LogP contribution >= 0.6 is 23.4 Å². The molecule has 0 aliphatic heterocycles. The average molecular weight is 365 g/mol. The molecule has 0 aromatic heterocycles. The third-order valence-corrected chi connectivity index (χ3v) is 5.03. The molecule has 2 aromatic carbocycles. The van der Waals surface area contributed by atoms with Crippen LogP contribution in [0.4, 0.5) is 11.4 Å². The van der Waals surface area contributed by atoms with Gasteiger partial charge in [0.15, 0.2) is 0 Å². The van der Waals surface area contributed by atoms with Gasteiger partial charge in [0, 0.05) is 17.0 Å². The van der Waals surface area contributed by atoms with E-state index in [0.717, 1.165) is 16.0 Å².